The number of aromatic nitrogens is 5. The third-order valence-corrected chi connectivity index (χ3v) is 2.50. The molecule has 0 aliphatic rings. The first-order chi connectivity index (χ1) is 7.36. The Balaban J connectivity index is 2.37. The molecular formula is C10H9N5. The first kappa shape index (κ1) is 8.16. The monoisotopic (exact) mass is 199 g/mol. The topological polar surface area (TPSA) is 59.4 Å². The van der Waals surface area contributed by atoms with Crippen LogP contribution in [0.2, 0.25) is 0 Å². The van der Waals surface area contributed by atoms with Gasteiger partial charge in [0, 0.05) is 29.7 Å². The number of hydrogen-bond donors (Lipinski definition) is 1. The number of tetrazole rings is 1. The maximum atomic E-state index is 3.92. The van der Waals surface area contributed by atoms with E-state index in [2.05, 4.69) is 37.3 Å². The standard InChI is InChI=1S/C10H9N5/c1-15-6-8(10-11-13-14-12-10)7-4-2-3-5-9(7)15/h2-6H,1H3,(H,11,12,13,14). The van der Waals surface area contributed by atoms with Gasteiger partial charge in [-0.1, -0.05) is 18.2 Å². The van der Waals surface area contributed by atoms with Crippen LogP contribution in [0, 0.1) is 0 Å². The summed E-state index contributed by atoms with van der Waals surface area (Å²) in [5.74, 6) is 0.701. The van der Waals surface area contributed by atoms with E-state index in [4.69, 9.17) is 0 Å². The molecule has 2 heterocycles. The van der Waals surface area contributed by atoms with Crippen molar-refractivity contribution in [1.29, 1.82) is 0 Å². The molecule has 0 spiro atoms. The highest BCUT2D eigenvalue weighted by Crippen LogP contribution is 2.26. The second-order valence-electron chi connectivity index (χ2n) is 3.42. The Morgan fingerprint density at radius 1 is 1.27 bits per heavy atom. The molecule has 5 nitrogen and oxygen atoms in total. The molecule has 74 valence electrons. The molecule has 3 aromatic rings. The SMILES string of the molecule is Cn1cc(-c2nnn[nH]2)c2ccccc21. The van der Waals surface area contributed by atoms with Gasteiger partial charge in [-0.15, -0.1) is 5.10 Å². The summed E-state index contributed by atoms with van der Waals surface area (Å²) >= 11 is 0. The van der Waals surface area contributed by atoms with Crippen LogP contribution in [0.1, 0.15) is 0 Å². The van der Waals surface area contributed by atoms with Crippen LogP contribution in [0.25, 0.3) is 22.3 Å². The summed E-state index contributed by atoms with van der Waals surface area (Å²) in [6.45, 7) is 0. The average Bonchev–Trinajstić information content (AvgIpc) is 2.87. The van der Waals surface area contributed by atoms with E-state index in [1.165, 1.54) is 5.52 Å². The number of nitrogens with one attached hydrogen (secondary N) is 1. The molecule has 0 saturated carbocycles. The number of aryl methyl sites for hydroxylation is 1. The highest BCUT2D eigenvalue weighted by molar-refractivity contribution is 5.94. The van der Waals surface area contributed by atoms with Crippen LogP contribution < -0.4 is 0 Å². The van der Waals surface area contributed by atoms with Crippen molar-refractivity contribution in [3.05, 3.63) is 30.5 Å². The fourth-order valence-electron chi connectivity index (χ4n) is 1.80. The highest BCUT2D eigenvalue weighted by atomic mass is 15.5. The highest BCUT2D eigenvalue weighted by Gasteiger charge is 2.10. The minimum atomic E-state index is 0.701. The van der Waals surface area contributed by atoms with Gasteiger partial charge in [-0.05, 0) is 16.5 Å². The lowest BCUT2D eigenvalue weighted by Crippen LogP contribution is -1.82. The van der Waals surface area contributed by atoms with Gasteiger partial charge in [0.15, 0.2) is 5.82 Å². The van der Waals surface area contributed by atoms with Crippen molar-refractivity contribution in [2.24, 2.45) is 7.05 Å². The summed E-state index contributed by atoms with van der Waals surface area (Å²) in [6.07, 6.45) is 2.02. The van der Waals surface area contributed by atoms with E-state index in [1.54, 1.807) is 0 Å². The van der Waals surface area contributed by atoms with E-state index in [0.717, 1.165) is 10.9 Å². The van der Waals surface area contributed by atoms with Gasteiger partial charge in [-0.3, -0.25) is 0 Å². The lowest BCUT2D eigenvalue weighted by molar-refractivity contribution is 0.881. The first-order valence-electron chi connectivity index (χ1n) is 4.64. The zero-order valence-corrected chi connectivity index (χ0v) is 8.18. The molecule has 0 atom stereocenters. The molecule has 2 aromatic heterocycles. The predicted molar refractivity (Wildman–Crippen MR) is 56.1 cm³/mol. The lowest BCUT2D eigenvalue weighted by Gasteiger charge is -1.93. The van der Waals surface area contributed by atoms with E-state index in [1.807, 2.05) is 25.4 Å². The number of nitrogens with zero attached hydrogens (tertiary/aromatic N) is 4. The fraction of sp³-hybridized carbons (Fsp3) is 0.100. The van der Waals surface area contributed by atoms with Gasteiger partial charge in [0.1, 0.15) is 0 Å². The summed E-state index contributed by atoms with van der Waals surface area (Å²) in [4.78, 5) is 0. The normalized spacial score (nSPS) is 11.0. The molecule has 0 fully saturated rings. The smallest absolute Gasteiger partial charge is 0.181 e. The van der Waals surface area contributed by atoms with Crippen molar-refractivity contribution >= 4 is 10.9 Å². The molecule has 0 aliphatic heterocycles. The van der Waals surface area contributed by atoms with Crippen molar-refractivity contribution < 1.29 is 0 Å². The Morgan fingerprint density at radius 2 is 2.13 bits per heavy atom. The molecule has 0 unspecified atom stereocenters. The molecule has 0 aliphatic carbocycles. The van der Waals surface area contributed by atoms with Crippen molar-refractivity contribution in [2.45, 2.75) is 0 Å². The van der Waals surface area contributed by atoms with Crippen molar-refractivity contribution in [3.8, 4) is 11.4 Å². The number of benzene rings is 1. The Bertz CT molecular complexity index is 593. The van der Waals surface area contributed by atoms with Gasteiger partial charge in [-0.2, -0.15) is 0 Å². The average molecular weight is 199 g/mol. The van der Waals surface area contributed by atoms with Gasteiger partial charge in [0.2, 0.25) is 0 Å². The van der Waals surface area contributed by atoms with Crippen molar-refractivity contribution in [3.63, 3.8) is 0 Å². The van der Waals surface area contributed by atoms with Gasteiger partial charge in [0.25, 0.3) is 0 Å². The van der Waals surface area contributed by atoms with Crippen molar-refractivity contribution in [2.75, 3.05) is 0 Å². The zero-order valence-electron chi connectivity index (χ0n) is 8.18. The molecular weight excluding hydrogens is 190 g/mol. The molecule has 0 amide bonds. The Morgan fingerprint density at radius 3 is 2.93 bits per heavy atom. The van der Waals surface area contributed by atoms with E-state index in [0.29, 0.717) is 5.82 Å². The number of H-pyrrole nitrogens is 1. The van der Waals surface area contributed by atoms with Gasteiger partial charge < -0.3 is 4.57 Å². The minimum Gasteiger partial charge on any atom is -0.350 e. The largest absolute Gasteiger partial charge is 0.350 e. The number of rotatable bonds is 1. The van der Waals surface area contributed by atoms with Gasteiger partial charge >= 0.3 is 0 Å². The van der Waals surface area contributed by atoms with Crippen LogP contribution >= 0.6 is 0 Å². The summed E-state index contributed by atoms with van der Waals surface area (Å²) in [6, 6.07) is 8.16. The maximum Gasteiger partial charge on any atom is 0.181 e. The van der Waals surface area contributed by atoms with Crippen LogP contribution in [0.3, 0.4) is 0 Å². The van der Waals surface area contributed by atoms with Crippen LogP contribution in [-0.2, 0) is 7.05 Å². The molecule has 0 bridgehead atoms. The Labute approximate surface area is 85.7 Å². The predicted octanol–water partition coefficient (Wildman–Crippen LogP) is 1.36. The number of para-hydroxylation sites is 1. The third kappa shape index (κ3) is 1.13. The second-order valence-corrected chi connectivity index (χ2v) is 3.42. The number of hydrogen-bond acceptors (Lipinski definition) is 3. The molecule has 3 rings (SSSR count). The zero-order chi connectivity index (χ0) is 10.3. The van der Waals surface area contributed by atoms with Crippen LogP contribution in [0.4, 0.5) is 0 Å². The summed E-state index contributed by atoms with van der Waals surface area (Å²) in [7, 11) is 2.01. The van der Waals surface area contributed by atoms with Gasteiger partial charge in [-0.25, -0.2) is 5.10 Å². The van der Waals surface area contributed by atoms with E-state index in [-0.39, 0.29) is 0 Å². The van der Waals surface area contributed by atoms with Crippen LogP contribution in [0.15, 0.2) is 30.5 Å². The number of aromatic amines is 1. The molecule has 0 radical (unpaired) electrons. The van der Waals surface area contributed by atoms with Crippen LogP contribution in [0.5, 0.6) is 0 Å². The third-order valence-electron chi connectivity index (χ3n) is 2.50. The Hall–Kier alpha value is -2.17. The van der Waals surface area contributed by atoms with E-state index in [9.17, 15) is 0 Å². The second kappa shape index (κ2) is 2.91. The summed E-state index contributed by atoms with van der Waals surface area (Å²) in [5, 5.41) is 15.0. The van der Waals surface area contributed by atoms with Gasteiger partial charge in [0.05, 0.1) is 0 Å². The lowest BCUT2D eigenvalue weighted by atomic mass is 10.2. The van der Waals surface area contributed by atoms with Crippen LogP contribution in [-0.4, -0.2) is 25.2 Å². The van der Waals surface area contributed by atoms with Crippen molar-refractivity contribution in [1.82, 2.24) is 25.2 Å². The quantitative estimate of drug-likeness (QED) is 0.643. The molecule has 1 aromatic carbocycles. The van der Waals surface area contributed by atoms with E-state index < -0.39 is 0 Å². The fourth-order valence-corrected chi connectivity index (χ4v) is 1.80. The molecule has 15 heavy (non-hydrogen) atoms. The minimum absolute atomic E-state index is 0.701. The first-order valence-corrected chi connectivity index (χ1v) is 4.64. The number of fused-ring (bicyclic) bond motifs is 1. The summed E-state index contributed by atoms with van der Waals surface area (Å²) in [5.41, 5.74) is 2.20. The van der Waals surface area contributed by atoms with E-state index >= 15 is 0 Å². The Kier molecular flexibility index (Phi) is 1.58. The molecule has 5 heteroatoms. The molecule has 0 saturated heterocycles. The maximum absolute atomic E-state index is 3.92. The summed E-state index contributed by atoms with van der Waals surface area (Å²) < 4.78 is 2.06. The molecule has 1 N–H and O–H groups in total.